The number of rotatable bonds is 10. The first-order valence-electron chi connectivity index (χ1n) is 20.6. The Morgan fingerprint density at radius 1 is 0.946 bits per heavy atom. The van der Waals surface area contributed by atoms with Gasteiger partial charge >= 0.3 is 51.4 Å². The Kier molecular flexibility index (Phi) is 13.0. The smallest absolute Gasteiger partial charge is 0.548 e. The van der Waals surface area contributed by atoms with Gasteiger partial charge in [0.15, 0.2) is 17.3 Å². The van der Waals surface area contributed by atoms with E-state index in [1.54, 1.807) is 31.3 Å². The average molecular weight is 801 g/mol. The molecule has 0 aliphatic heterocycles. The molecule has 56 heavy (non-hydrogen) atoms. The average Bonchev–Trinajstić information content (AvgIpc) is 3.13. The minimum Gasteiger partial charge on any atom is -0.548 e. The van der Waals surface area contributed by atoms with E-state index in [9.17, 15) is 24.6 Å². The zero-order valence-electron chi connectivity index (χ0n) is 35.9. The molecule has 6 rings (SSSR count). The van der Waals surface area contributed by atoms with Crippen LogP contribution in [0.25, 0.3) is 0 Å². The molecule has 0 aromatic heterocycles. The molecule has 0 radical (unpaired) electrons. The molecule has 10 atom stereocenters. The van der Waals surface area contributed by atoms with Gasteiger partial charge in [-0.1, -0.05) is 67.0 Å². The summed E-state index contributed by atoms with van der Waals surface area (Å²) in [5.41, 5.74) is 0.0259. The predicted octanol–water partition coefficient (Wildman–Crippen LogP) is 3.02. The third-order valence-electron chi connectivity index (χ3n) is 16.6. The summed E-state index contributed by atoms with van der Waals surface area (Å²) < 4.78 is 11.0. The number of carbonyl (C=O) groups is 4. The van der Waals surface area contributed by atoms with E-state index in [4.69, 9.17) is 9.47 Å². The molecule has 10 nitrogen and oxygen atoms in total. The second-order valence-electron chi connectivity index (χ2n) is 19.8. The van der Waals surface area contributed by atoms with Gasteiger partial charge < -0.3 is 34.7 Å². The summed E-state index contributed by atoms with van der Waals surface area (Å²) >= 11 is 0. The van der Waals surface area contributed by atoms with Gasteiger partial charge in [0.05, 0.1) is 32.8 Å². The number of hydrogen-bond acceptors (Lipinski definition) is 8. The maximum Gasteiger partial charge on any atom is 1.00 e. The fourth-order valence-corrected chi connectivity index (χ4v) is 13.0. The van der Waals surface area contributed by atoms with E-state index in [1.807, 2.05) is 26.0 Å². The van der Waals surface area contributed by atoms with Crippen LogP contribution in [0.5, 0.6) is 11.5 Å². The summed E-state index contributed by atoms with van der Waals surface area (Å²) in [4.78, 5) is 56.7. The number of aliphatic hydroxyl groups is 1. The molecule has 0 heterocycles. The molecule has 2 N–H and O–H groups in total. The number of allylic oxidation sites excluding steroid dienone is 2. The predicted molar refractivity (Wildman–Crippen MR) is 208 cm³/mol. The maximum atomic E-state index is 15.3. The summed E-state index contributed by atoms with van der Waals surface area (Å²) in [5, 5.41) is 24.9. The molecular weight excluding hydrogens is 736 g/mol. The van der Waals surface area contributed by atoms with Crippen LogP contribution in [-0.2, 0) is 25.7 Å². The first-order valence-corrected chi connectivity index (χ1v) is 20.6. The number of nitrogens with zero attached hydrogens (tertiary/aromatic N) is 1. The molecule has 5 aliphatic rings. The van der Waals surface area contributed by atoms with E-state index < -0.39 is 29.9 Å². The van der Waals surface area contributed by atoms with Gasteiger partial charge in [-0.15, -0.1) is 0 Å². The number of carbonyl (C=O) groups excluding carboxylic acids is 4. The SMILES string of the molecule is CCC(C(=O)NCC(=O)[O-])N(Cc1ccc(OC)c(OC)c1)C(=O)[C@@]1(C)CC[C@]2(C)CC[C@]3(C)C(=CC(=O)[C@@H]4[C@@]5(C)CC[C@H](O)C(C)(C)[C@@H]5CC[C@]43C)[C@@H]2C1.[K+]. The number of carboxylic acids is 1. The Labute approximate surface area is 377 Å². The molecule has 4 saturated carbocycles. The first kappa shape index (κ1) is 45.3. The topological polar surface area (TPSA) is 145 Å². The Morgan fingerprint density at radius 2 is 1.61 bits per heavy atom. The Bertz CT molecular complexity index is 1760. The fraction of sp³-hybridized carbons (Fsp3) is 0.733. The molecule has 11 heteroatoms. The number of benzene rings is 1. The number of nitrogens with one attached hydrogen (secondary N) is 1. The number of methoxy groups -OCH3 is 2. The quantitative estimate of drug-likeness (QED) is 0.344. The van der Waals surface area contributed by atoms with Crippen LogP contribution in [0.3, 0.4) is 0 Å². The normalized spacial score (nSPS) is 37.5. The van der Waals surface area contributed by atoms with E-state index in [0.29, 0.717) is 30.8 Å². The Hall–Kier alpha value is -1.76. The molecule has 1 aromatic rings. The molecule has 5 aliphatic carbocycles. The van der Waals surface area contributed by atoms with Crippen LogP contribution in [0.4, 0.5) is 0 Å². The summed E-state index contributed by atoms with van der Waals surface area (Å²) in [6, 6.07) is 4.50. The van der Waals surface area contributed by atoms with Crippen molar-refractivity contribution >= 4 is 23.6 Å². The van der Waals surface area contributed by atoms with Gasteiger partial charge in [-0.05, 0) is 127 Å². The van der Waals surface area contributed by atoms with Crippen molar-refractivity contribution < 1.29 is 90.2 Å². The standard InChI is InChI=1S/C45H66N2O8.K/c1-11-30(38(52)46-25-36(50)51)47(26-27-12-13-32(54-9)33(22-27)55-10)39(53)42(5)19-18-41(4)20-21-44(7)28(29(41)24-42)23-31(48)37-43(6)16-15-35(49)40(2,3)34(43)14-17-45(37,44)8;/h12-13,22-23,29-30,34-35,37,49H,11,14-21,24-26H2,1-10H3,(H,46,52)(H,50,51);/q;+1/p-1/t29-,30?,34-,35-,37+,41+,42-,43-,44+,45+;/m0./s1. The molecule has 2 amide bonds. The van der Waals surface area contributed by atoms with Gasteiger partial charge in [-0.2, -0.15) is 0 Å². The van der Waals surface area contributed by atoms with Crippen molar-refractivity contribution in [3.63, 3.8) is 0 Å². The maximum absolute atomic E-state index is 15.3. The van der Waals surface area contributed by atoms with Crippen molar-refractivity contribution in [3.05, 3.63) is 35.4 Å². The van der Waals surface area contributed by atoms with Crippen LogP contribution in [-0.4, -0.2) is 66.5 Å². The van der Waals surface area contributed by atoms with Crippen molar-refractivity contribution in [1.82, 2.24) is 10.2 Å². The van der Waals surface area contributed by atoms with Crippen LogP contribution in [0, 0.1) is 50.2 Å². The number of hydrogen-bond donors (Lipinski definition) is 2. The van der Waals surface area contributed by atoms with Crippen LogP contribution in [0.1, 0.15) is 125 Å². The van der Waals surface area contributed by atoms with E-state index in [1.165, 1.54) is 5.57 Å². The molecule has 1 unspecified atom stereocenters. The van der Waals surface area contributed by atoms with Crippen LogP contribution in [0.15, 0.2) is 29.8 Å². The van der Waals surface area contributed by atoms with Gasteiger partial charge in [0.1, 0.15) is 6.04 Å². The van der Waals surface area contributed by atoms with Gasteiger partial charge in [-0.3, -0.25) is 14.4 Å². The molecule has 1 aromatic carbocycles. The molecular formula is C45H65KN2O8. The number of fused-ring (bicyclic) bond motifs is 7. The van der Waals surface area contributed by atoms with Gasteiger partial charge in [0.2, 0.25) is 11.8 Å². The third-order valence-corrected chi connectivity index (χ3v) is 16.6. The van der Waals surface area contributed by atoms with E-state index in [2.05, 4.69) is 46.9 Å². The minimum atomic E-state index is -1.40. The van der Waals surface area contributed by atoms with E-state index in [0.717, 1.165) is 44.1 Å². The second kappa shape index (κ2) is 16.0. The molecule has 0 spiro atoms. The zero-order chi connectivity index (χ0) is 40.5. The summed E-state index contributed by atoms with van der Waals surface area (Å²) in [7, 11) is 3.10. The molecule has 4 fully saturated rings. The van der Waals surface area contributed by atoms with Crippen LogP contribution < -0.4 is 71.3 Å². The number of aliphatic hydroxyl groups excluding tert-OH is 1. The number of carboxylic acid groups (broad SMARTS) is 1. The van der Waals surface area contributed by atoms with Crippen molar-refractivity contribution in [2.24, 2.45) is 50.2 Å². The number of ether oxygens (including phenoxy) is 2. The van der Waals surface area contributed by atoms with Gasteiger partial charge in [-0.25, -0.2) is 0 Å². The fourth-order valence-electron chi connectivity index (χ4n) is 13.0. The van der Waals surface area contributed by atoms with Gasteiger partial charge in [0, 0.05) is 17.9 Å². The summed E-state index contributed by atoms with van der Waals surface area (Å²) in [6.45, 7) is 17.1. The van der Waals surface area contributed by atoms with Crippen LogP contribution in [0.2, 0.25) is 0 Å². The van der Waals surface area contributed by atoms with Crippen LogP contribution >= 0.6 is 0 Å². The number of aliphatic carboxylic acids is 1. The van der Waals surface area contributed by atoms with Crippen molar-refractivity contribution in [2.45, 2.75) is 138 Å². The second-order valence-corrected chi connectivity index (χ2v) is 19.8. The Morgan fingerprint density at radius 3 is 2.23 bits per heavy atom. The monoisotopic (exact) mass is 800 g/mol. The summed E-state index contributed by atoms with van der Waals surface area (Å²) in [5.74, 6) is -0.739. The third kappa shape index (κ3) is 7.18. The first-order chi connectivity index (χ1) is 25.7. The molecule has 0 bridgehead atoms. The Balaban J connectivity index is 0.00000600. The largest absolute Gasteiger partial charge is 1.00 e. The van der Waals surface area contributed by atoms with Crippen molar-refractivity contribution in [1.29, 1.82) is 0 Å². The molecule has 304 valence electrons. The summed E-state index contributed by atoms with van der Waals surface area (Å²) in [6.07, 6.45) is 9.36. The van der Waals surface area contributed by atoms with E-state index >= 15 is 4.79 Å². The van der Waals surface area contributed by atoms with Gasteiger partial charge in [0.25, 0.3) is 0 Å². The van der Waals surface area contributed by atoms with Crippen molar-refractivity contribution in [2.75, 3.05) is 20.8 Å². The van der Waals surface area contributed by atoms with Crippen molar-refractivity contribution in [3.8, 4) is 11.5 Å². The van der Waals surface area contributed by atoms with E-state index in [-0.39, 0.29) is 127 Å². The molecule has 0 saturated heterocycles. The number of ketones is 1. The zero-order valence-corrected chi connectivity index (χ0v) is 39.1. The number of amides is 2. The minimum absolute atomic E-state index is 0.